The maximum Gasteiger partial charge on any atom is 0.183 e. The molecule has 164 valence electrons. The normalized spacial score (nSPS) is 19.1. The lowest BCUT2D eigenvalue weighted by molar-refractivity contribution is -0.206. The molecule has 0 saturated carbocycles. The van der Waals surface area contributed by atoms with E-state index in [-0.39, 0.29) is 17.9 Å². The first kappa shape index (κ1) is 21.9. The molecule has 1 aliphatic heterocycles. The minimum absolute atomic E-state index is 0.187. The molecule has 0 spiro atoms. The summed E-state index contributed by atoms with van der Waals surface area (Å²) in [5.74, 6) is 0.0198. The number of unbranched alkanes of at least 4 members (excludes halogenated alkanes) is 2. The highest BCUT2D eigenvalue weighted by molar-refractivity contribution is 5.84. The highest BCUT2D eigenvalue weighted by Crippen LogP contribution is 2.31. The predicted octanol–water partition coefficient (Wildman–Crippen LogP) is 7.15. The first-order valence-electron chi connectivity index (χ1n) is 11.3. The van der Waals surface area contributed by atoms with Gasteiger partial charge in [0.25, 0.3) is 0 Å². The van der Waals surface area contributed by atoms with Gasteiger partial charge in [0.05, 0.1) is 13.2 Å². The van der Waals surface area contributed by atoms with Crippen LogP contribution in [0.1, 0.15) is 55.6 Å². The Hall–Kier alpha value is -2.30. The summed E-state index contributed by atoms with van der Waals surface area (Å²) in [7, 11) is 0. The van der Waals surface area contributed by atoms with Gasteiger partial charge in [0.15, 0.2) is 6.29 Å². The number of aryl methyl sites for hydroxylation is 2. The van der Waals surface area contributed by atoms with Gasteiger partial charge in [-0.2, -0.15) is 0 Å². The number of hydrogen-bond donors (Lipinski definition) is 0. The highest BCUT2D eigenvalue weighted by atomic mass is 19.1. The van der Waals surface area contributed by atoms with Gasteiger partial charge in [0, 0.05) is 16.9 Å². The second-order valence-electron chi connectivity index (χ2n) is 8.51. The summed E-state index contributed by atoms with van der Waals surface area (Å²) in [5.41, 5.74) is 2.60. The molecule has 0 bridgehead atoms. The van der Waals surface area contributed by atoms with Crippen LogP contribution in [0.3, 0.4) is 0 Å². The minimum Gasteiger partial charge on any atom is -0.348 e. The van der Waals surface area contributed by atoms with Crippen molar-refractivity contribution in [2.24, 2.45) is 5.92 Å². The highest BCUT2D eigenvalue weighted by Gasteiger charge is 2.23. The monoisotopic (exact) mass is 424 g/mol. The Morgan fingerprint density at radius 2 is 1.65 bits per heavy atom. The van der Waals surface area contributed by atoms with Crippen LogP contribution in [0.15, 0.2) is 54.6 Å². The van der Waals surface area contributed by atoms with Crippen molar-refractivity contribution in [1.82, 2.24) is 0 Å². The zero-order valence-corrected chi connectivity index (χ0v) is 18.1. The molecule has 0 amide bonds. The Balaban J connectivity index is 1.41. The SMILES string of the molecule is CCCCCC1COC(c2ccc3c(F)c(CCc4ccc(F)cc4)ccc3c2)OC1. The van der Waals surface area contributed by atoms with Crippen LogP contribution in [0.25, 0.3) is 10.8 Å². The van der Waals surface area contributed by atoms with E-state index in [0.717, 1.165) is 22.9 Å². The number of hydrogen-bond acceptors (Lipinski definition) is 2. The molecule has 1 fully saturated rings. The third-order valence-electron chi connectivity index (χ3n) is 6.11. The smallest absolute Gasteiger partial charge is 0.183 e. The van der Waals surface area contributed by atoms with Gasteiger partial charge in [-0.25, -0.2) is 8.78 Å². The van der Waals surface area contributed by atoms with E-state index in [4.69, 9.17) is 9.47 Å². The largest absolute Gasteiger partial charge is 0.348 e. The molecule has 0 radical (unpaired) electrons. The van der Waals surface area contributed by atoms with Crippen LogP contribution in [0, 0.1) is 17.6 Å². The summed E-state index contributed by atoms with van der Waals surface area (Å²) >= 11 is 0. The Morgan fingerprint density at radius 3 is 2.39 bits per heavy atom. The van der Waals surface area contributed by atoms with E-state index >= 15 is 4.39 Å². The van der Waals surface area contributed by atoms with Gasteiger partial charge >= 0.3 is 0 Å². The zero-order valence-electron chi connectivity index (χ0n) is 18.1. The van der Waals surface area contributed by atoms with Crippen molar-refractivity contribution in [1.29, 1.82) is 0 Å². The number of fused-ring (bicyclic) bond motifs is 1. The molecule has 31 heavy (non-hydrogen) atoms. The second kappa shape index (κ2) is 10.3. The minimum atomic E-state index is -0.381. The van der Waals surface area contributed by atoms with E-state index < -0.39 is 0 Å². The fourth-order valence-electron chi connectivity index (χ4n) is 4.21. The van der Waals surface area contributed by atoms with Crippen molar-refractivity contribution >= 4 is 10.8 Å². The van der Waals surface area contributed by atoms with Crippen LogP contribution in [-0.4, -0.2) is 13.2 Å². The van der Waals surface area contributed by atoms with E-state index in [1.54, 1.807) is 12.1 Å². The van der Waals surface area contributed by atoms with Gasteiger partial charge in [0.2, 0.25) is 0 Å². The summed E-state index contributed by atoms with van der Waals surface area (Å²) < 4.78 is 40.1. The fraction of sp³-hybridized carbons (Fsp3) is 0.407. The summed E-state index contributed by atoms with van der Waals surface area (Å²) in [5, 5.41) is 1.45. The van der Waals surface area contributed by atoms with Crippen LogP contribution in [0.2, 0.25) is 0 Å². The fourth-order valence-corrected chi connectivity index (χ4v) is 4.21. The maximum atomic E-state index is 15.1. The zero-order chi connectivity index (χ0) is 21.6. The van der Waals surface area contributed by atoms with Crippen LogP contribution >= 0.6 is 0 Å². The van der Waals surface area contributed by atoms with Crippen molar-refractivity contribution in [3.05, 3.63) is 82.9 Å². The molecular formula is C27H30F2O2. The predicted molar refractivity (Wildman–Crippen MR) is 120 cm³/mol. The van der Waals surface area contributed by atoms with Crippen molar-refractivity contribution in [3.8, 4) is 0 Å². The lowest BCUT2D eigenvalue weighted by Crippen LogP contribution is -2.27. The van der Waals surface area contributed by atoms with Crippen molar-refractivity contribution in [2.45, 2.75) is 51.7 Å². The third-order valence-corrected chi connectivity index (χ3v) is 6.11. The summed E-state index contributed by atoms with van der Waals surface area (Å²) in [6, 6.07) is 15.9. The first-order chi connectivity index (χ1) is 15.1. The molecule has 4 heteroatoms. The molecule has 0 aliphatic carbocycles. The molecule has 4 rings (SSSR count). The Kier molecular flexibility index (Phi) is 7.31. The van der Waals surface area contributed by atoms with E-state index in [1.807, 2.05) is 30.3 Å². The molecule has 0 aromatic heterocycles. The van der Waals surface area contributed by atoms with Crippen molar-refractivity contribution in [3.63, 3.8) is 0 Å². The van der Waals surface area contributed by atoms with Crippen LogP contribution < -0.4 is 0 Å². The summed E-state index contributed by atoms with van der Waals surface area (Å²) in [6.07, 6.45) is 5.70. The third kappa shape index (κ3) is 5.50. The van der Waals surface area contributed by atoms with E-state index in [2.05, 4.69) is 6.92 Å². The lowest BCUT2D eigenvalue weighted by Gasteiger charge is -2.29. The van der Waals surface area contributed by atoms with E-state index in [1.165, 1.54) is 31.4 Å². The molecule has 1 aliphatic rings. The standard InChI is InChI=1S/C27H30F2O2/c1-2-3-4-5-20-17-30-27(31-18-20)23-12-15-25-22(16-23)11-10-21(26(25)29)9-6-19-7-13-24(28)14-8-19/h7-8,10-16,20,27H,2-6,9,17-18H2,1H3. The molecule has 3 aromatic rings. The van der Waals surface area contributed by atoms with Gasteiger partial charge < -0.3 is 9.47 Å². The summed E-state index contributed by atoms with van der Waals surface area (Å²) in [6.45, 7) is 3.63. The molecule has 1 heterocycles. The quantitative estimate of drug-likeness (QED) is 0.358. The van der Waals surface area contributed by atoms with Gasteiger partial charge in [-0.3, -0.25) is 0 Å². The van der Waals surface area contributed by atoms with Gasteiger partial charge in [-0.15, -0.1) is 0 Å². The van der Waals surface area contributed by atoms with Crippen LogP contribution in [0.4, 0.5) is 8.78 Å². The van der Waals surface area contributed by atoms with E-state index in [9.17, 15) is 4.39 Å². The van der Waals surface area contributed by atoms with Crippen LogP contribution in [-0.2, 0) is 22.3 Å². The lowest BCUT2D eigenvalue weighted by atomic mass is 9.98. The van der Waals surface area contributed by atoms with Crippen molar-refractivity contribution in [2.75, 3.05) is 13.2 Å². The topological polar surface area (TPSA) is 18.5 Å². The average Bonchev–Trinajstić information content (AvgIpc) is 2.80. The number of ether oxygens (including phenoxy) is 2. The van der Waals surface area contributed by atoms with Crippen molar-refractivity contribution < 1.29 is 18.3 Å². The Labute approximate surface area is 183 Å². The maximum absolute atomic E-state index is 15.1. The molecular weight excluding hydrogens is 394 g/mol. The summed E-state index contributed by atoms with van der Waals surface area (Å²) in [4.78, 5) is 0. The van der Waals surface area contributed by atoms with E-state index in [0.29, 0.717) is 42.9 Å². The molecule has 1 saturated heterocycles. The Morgan fingerprint density at radius 1 is 0.871 bits per heavy atom. The number of halogens is 2. The first-order valence-corrected chi connectivity index (χ1v) is 11.3. The average molecular weight is 425 g/mol. The van der Waals surface area contributed by atoms with Gasteiger partial charge in [-0.05, 0) is 54.0 Å². The molecule has 0 atom stereocenters. The molecule has 2 nitrogen and oxygen atoms in total. The Bertz CT molecular complexity index is 992. The molecule has 0 unspecified atom stereocenters. The number of rotatable bonds is 8. The molecule has 3 aromatic carbocycles. The second-order valence-corrected chi connectivity index (χ2v) is 8.51. The number of benzene rings is 3. The van der Waals surface area contributed by atoms with Crippen LogP contribution in [0.5, 0.6) is 0 Å². The molecule has 0 N–H and O–H groups in total. The van der Waals surface area contributed by atoms with Gasteiger partial charge in [0.1, 0.15) is 11.6 Å². The van der Waals surface area contributed by atoms with Gasteiger partial charge in [-0.1, -0.05) is 62.6 Å².